The van der Waals surface area contributed by atoms with Gasteiger partial charge < -0.3 is 9.64 Å². The Kier molecular flexibility index (Phi) is 5.06. The molecule has 2 heterocycles. The fourth-order valence-electron chi connectivity index (χ4n) is 3.25. The second kappa shape index (κ2) is 7.67. The minimum atomic E-state index is -4.39. The number of benzene rings is 2. The monoisotopic (exact) mass is 402 g/mol. The molecular formula is C20H17F3N4O2. The zero-order valence-corrected chi connectivity index (χ0v) is 15.2. The first-order valence-corrected chi connectivity index (χ1v) is 8.95. The lowest BCUT2D eigenvalue weighted by Gasteiger charge is -2.33. The minimum absolute atomic E-state index is 0.174. The van der Waals surface area contributed by atoms with Crippen LogP contribution in [0.3, 0.4) is 0 Å². The number of aromatic nitrogens is 3. The van der Waals surface area contributed by atoms with Gasteiger partial charge in [0.15, 0.2) is 5.82 Å². The highest BCUT2D eigenvalue weighted by Crippen LogP contribution is 2.31. The number of halogens is 3. The largest absolute Gasteiger partial charge is 0.416 e. The van der Waals surface area contributed by atoms with Crippen LogP contribution in [0.25, 0.3) is 11.4 Å². The smallest absolute Gasteiger partial charge is 0.370 e. The molecule has 150 valence electrons. The fraction of sp³-hybridized carbons (Fsp3) is 0.250. The summed E-state index contributed by atoms with van der Waals surface area (Å²) in [7, 11) is 0. The van der Waals surface area contributed by atoms with E-state index in [4.69, 9.17) is 4.74 Å². The van der Waals surface area contributed by atoms with Gasteiger partial charge in [0.25, 0.3) is 5.91 Å². The first kappa shape index (κ1) is 19.1. The van der Waals surface area contributed by atoms with Gasteiger partial charge in [0.2, 0.25) is 0 Å². The molecule has 0 bridgehead atoms. The maximum atomic E-state index is 13.0. The number of aromatic amines is 1. The number of alkyl halides is 3. The molecule has 1 fully saturated rings. The van der Waals surface area contributed by atoms with E-state index in [1.165, 1.54) is 18.5 Å². The van der Waals surface area contributed by atoms with E-state index in [1.54, 1.807) is 23.1 Å². The summed E-state index contributed by atoms with van der Waals surface area (Å²) in [6.07, 6.45) is -3.48. The molecule has 1 amide bonds. The van der Waals surface area contributed by atoms with Crippen LogP contribution in [-0.2, 0) is 10.9 Å². The van der Waals surface area contributed by atoms with E-state index >= 15 is 0 Å². The van der Waals surface area contributed by atoms with Gasteiger partial charge in [0.1, 0.15) is 12.4 Å². The molecule has 4 rings (SSSR count). The molecule has 3 aromatic rings. The summed E-state index contributed by atoms with van der Waals surface area (Å²) < 4.78 is 44.0. The Morgan fingerprint density at radius 1 is 1.17 bits per heavy atom. The van der Waals surface area contributed by atoms with Crippen LogP contribution in [0.2, 0.25) is 0 Å². The van der Waals surface area contributed by atoms with E-state index in [-0.39, 0.29) is 12.5 Å². The van der Waals surface area contributed by atoms with Gasteiger partial charge in [-0.1, -0.05) is 24.3 Å². The van der Waals surface area contributed by atoms with Gasteiger partial charge in [-0.05, 0) is 29.8 Å². The van der Waals surface area contributed by atoms with Gasteiger partial charge in [-0.15, -0.1) is 0 Å². The number of hydrogen-bond acceptors (Lipinski definition) is 4. The van der Waals surface area contributed by atoms with Crippen LogP contribution < -0.4 is 0 Å². The average molecular weight is 402 g/mol. The Hall–Kier alpha value is -3.20. The van der Waals surface area contributed by atoms with Crippen LogP contribution in [0.5, 0.6) is 0 Å². The zero-order valence-electron chi connectivity index (χ0n) is 15.2. The maximum Gasteiger partial charge on any atom is 0.416 e. The van der Waals surface area contributed by atoms with Gasteiger partial charge in [-0.25, -0.2) is 4.98 Å². The average Bonchev–Trinajstić information content (AvgIpc) is 3.28. The maximum absolute atomic E-state index is 13.0. The molecule has 1 saturated heterocycles. The Bertz CT molecular complexity index is 988. The quantitative estimate of drug-likeness (QED) is 0.725. The molecule has 0 aliphatic carbocycles. The van der Waals surface area contributed by atoms with Crippen molar-refractivity contribution in [1.82, 2.24) is 20.1 Å². The van der Waals surface area contributed by atoms with E-state index in [2.05, 4.69) is 15.2 Å². The van der Waals surface area contributed by atoms with Gasteiger partial charge in [-0.2, -0.15) is 18.3 Å². The number of nitrogens with one attached hydrogen (secondary N) is 1. The van der Waals surface area contributed by atoms with E-state index in [9.17, 15) is 18.0 Å². The number of carbonyl (C=O) groups is 1. The second-order valence-corrected chi connectivity index (χ2v) is 6.65. The number of nitrogens with zero attached hydrogens (tertiary/aromatic N) is 3. The highest BCUT2D eigenvalue weighted by atomic mass is 19.4. The van der Waals surface area contributed by atoms with Crippen LogP contribution in [0, 0.1) is 0 Å². The molecule has 1 unspecified atom stereocenters. The third kappa shape index (κ3) is 4.14. The van der Waals surface area contributed by atoms with E-state index in [1.807, 2.05) is 6.07 Å². The Balaban J connectivity index is 1.50. The van der Waals surface area contributed by atoms with E-state index in [0.29, 0.717) is 30.1 Å². The molecule has 1 aliphatic heterocycles. The summed E-state index contributed by atoms with van der Waals surface area (Å²) in [5, 5.41) is 6.57. The summed E-state index contributed by atoms with van der Waals surface area (Å²) in [6, 6.07) is 11.9. The van der Waals surface area contributed by atoms with Crippen molar-refractivity contribution < 1.29 is 22.7 Å². The summed E-state index contributed by atoms with van der Waals surface area (Å²) in [5.41, 5.74) is 1.12. The molecule has 29 heavy (non-hydrogen) atoms. The van der Waals surface area contributed by atoms with Crippen molar-refractivity contribution >= 4 is 5.91 Å². The Labute approximate surface area is 164 Å². The Morgan fingerprint density at radius 3 is 2.66 bits per heavy atom. The first-order valence-electron chi connectivity index (χ1n) is 8.95. The van der Waals surface area contributed by atoms with Gasteiger partial charge >= 0.3 is 6.18 Å². The third-order valence-electron chi connectivity index (χ3n) is 4.76. The lowest BCUT2D eigenvalue weighted by atomic mass is 10.0. The predicted molar refractivity (Wildman–Crippen MR) is 97.9 cm³/mol. The molecule has 2 aromatic carbocycles. The SMILES string of the molecule is O=C(c1cccc(-c2ncn[nH]2)c1)N1CCOC(c2ccc(C(F)(F)F)cc2)C1. The lowest BCUT2D eigenvalue weighted by molar-refractivity contribution is -0.137. The first-order chi connectivity index (χ1) is 13.9. The van der Waals surface area contributed by atoms with Gasteiger partial charge in [0, 0.05) is 17.7 Å². The number of rotatable bonds is 3. The molecule has 1 aliphatic rings. The Morgan fingerprint density at radius 2 is 1.97 bits per heavy atom. The van der Waals surface area contributed by atoms with Crippen molar-refractivity contribution in [3.63, 3.8) is 0 Å². The normalized spacial score (nSPS) is 17.3. The molecule has 0 radical (unpaired) electrons. The van der Waals surface area contributed by atoms with E-state index in [0.717, 1.165) is 17.7 Å². The van der Waals surface area contributed by atoms with Crippen molar-refractivity contribution in [1.29, 1.82) is 0 Å². The van der Waals surface area contributed by atoms with Crippen molar-refractivity contribution in [2.24, 2.45) is 0 Å². The van der Waals surface area contributed by atoms with Gasteiger partial charge in [0.05, 0.1) is 18.7 Å². The molecule has 9 heteroatoms. The third-order valence-corrected chi connectivity index (χ3v) is 4.76. The van der Waals surface area contributed by atoms with Gasteiger partial charge in [-0.3, -0.25) is 9.89 Å². The second-order valence-electron chi connectivity index (χ2n) is 6.65. The fourth-order valence-corrected chi connectivity index (χ4v) is 3.25. The highest BCUT2D eigenvalue weighted by Gasteiger charge is 2.31. The molecule has 1 N–H and O–H groups in total. The topological polar surface area (TPSA) is 71.1 Å². The van der Waals surface area contributed by atoms with Crippen LogP contribution >= 0.6 is 0 Å². The number of ether oxygens (including phenoxy) is 1. The number of morpholine rings is 1. The molecule has 1 aromatic heterocycles. The summed E-state index contributed by atoms with van der Waals surface area (Å²) >= 11 is 0. The zero-order chi connectivity index (χ0) is 20.4. The van der Waals surface area contributed by atoms with Crippen LogP contribution in [0.4, 0.5) is 13.2 Å². The number of carbonyl (C=O) groups excluding carboxylic acids is 1. The molecule has 6 nitrogen and oxygen atoms in total. The van der Waals surface area contributed by atoms with E-state index < -0.39 is 17.8 Å². The minimum Gasteiger partial charge on any atom is -0.370 e. The standard InChI is InChI=1S/C20H17F3N4O2/c21-20(22,23)16-6-4-13(5-7-16)17-11-27(8-9-29-17)19(28)15-3-1-2-14(10-15)18-24-12-25-26-18/h1-7,10,12,17H,8-9,11H2,(H,24,25,26). The summed E-state index contributed by atoms with van der Waals surface area (Å²) in [5.74, 6) is 0.385. The number of amides is 1. The summed E-state index contributed by atoms with van der Waals surface area (Å²) in [6.45, 7) is 0.971. The van der Waals surface area contributed by atoms with Crippen LogP contribution in [0.1, 0.15) is 27.6 Å². The van der Waals surface area contributed by atoms with Crippen molar-refractivity contribution in [2.75, 3.05) is 19.7 Å². The van der Waals surface area contributed by atoms with Crippen molar-refractivity contribution in [3.05, 3.63) is 71.5 Å². The number of hydrogen-bond donors (Lipinski definition) is 1. The highest BCUT2D eigenvalue weighted by molar-refractivity contribution is 5.95. The summed E-state index contributed by atoms with van der Waals surface area (Å²) in [4.78, 5) is 18.7. The number of H-pyrrole nitrogens is 1. The molecule has 1 atom stereocenters. The molecular weight excluding hydrogens is 385 g/mol. The van der Waals surface area contributed by atoms with Crippen LogP contribution in [0.15, 0.2) is 54.9 Å². The lowest BCUT2D eigenvalue weighted by Crippen LogP contribution is -2.42. The van der Waals surface area contributed by atoms with Crippen molar-refractivity contribution in [3.8, 4) is 11.4 Å². The van der Waals surface area contributed by atoms with Crippen molar-refractivity contribution in [2.45, 2.75) is 12.3 Å². The predicted octanol–water partition coefficient (Wildman–Crippen LogP) is 3.70. The van der Waals surface area contributed by atoms with Crippen LogP contribution in [-0.4, -0.2) is 45.7 Å². The molecule has 0 spiro atoms. The molecule has 0 saturated carbocycles.